The maximum atomic E-state index is 12.5. The normalized spacial score (nSPS) is 12.3. The van der Waals surface area contributed by atoms with E-state index in [1.54, 1.807) is 23.0 Å². The Hall–Kier alpha value is -2.76. The first-order chi connectivity index (χ1) is 11.1. The van der Waals surface area contributed by atoms with Crippen molar-refractivity contribution in [1.82, 2.24) is 24.6 Å². The summed E-state index contributed by atoms with van der Waals surface area (Å²) in [5.74, 6) is -0.0994. The summed E-state index contributed by atoms with van der Waals surface area (Å²) in [7, 11) is 1.80. The van der Waals surface area contributed by atoms with Gasteiger partial charge < -0.3 is 4.90 Å². The van der Waals surface area contributed by atoms with E-state index in [4.69, 9.17) is 0 Å². The predicted octanol–water partition coefficient (Wildman–Crippen LogP) is 2.12. The van der Waals surface area contributed by atoms with Crippen LogP contribution in [0.2, 0.25) is 0 Å². The monoisotopic (exact) mass is 309 g/mol. The van der Waals surface area contributed by atoms with E-state index >= 15 is 0 Å². The summed E-state index contributed by atoms with van der Waals surface area (Å²) in [4.78, 5) is 22.7. The highest BCUT2D eigenvalue weighted by atomic mass is 16.2. The predicted molar refractivity (Wildman–Crippen MR) is 87.4 cm³/mol. The molecule has 1 amide bonds. The minimum absolute atomic E-state index is 0.0652. The van der Waals surface area contributed by atoms with Crippen molar-refractivity contribution >= 4 is 16.8 Å². The molecule has 0 fully saturated rings. The Labute approximate surface area is 134 Å². The molecule has 3 rings (SSSR count). The van der Waals surface area contributed by atoms with Crippen LogP contribution in [0.15, 0.2) is 49.1 Å². The van der Waals surface area contributed by atoms with Crippen LogP contribution in [0.4, 0.5) is 0 Å². The van der Waals surface area contributed by atoms with E-state index in [0.717, 1.165) is 16.6 Å². The van der Waals surface area contributed by atoms with Gasteiger partial charge in [-0.2, -0.15) is 5.10 Å². The van der Waals surface area contributed by atoms with Crippen molar-refractivity contribution < 1.29 is 4.79 Å². The van der Waals surface area contributed by atoms with Gasteiger partial charge >= 0.3 is 0 Å². The fourth-order valence-corrected chi connectivity index (χ4v) is 2.58. The second-order valence-corrected chi connectivity index (χ2v) is 5.71. The lowest BCUT2D eigenvalue weighted by molar-refractivity contribution is -0.134. The lowest BCUT2D eigenvalue weighted by atomic mass is 10.1. The van der Waals surface area contributed by atoms with Gasteiger partial charge in [0, 0.05) is 12.4 Å². The van der Waals surface area contributed by atoms with Gasteiger partial charge in [-0.25, -0.2) is 4.98 Å². The zero-order valence-corrected chi connectivity index (χ0v) is 13.3. The van der Waals surface area contributed by atoms with E-state index in [1.165, 1.54) is 6.33 Å². The average Bonchev–Trinajstić information content (AvgIpc) is 3.07. The zero-order valence-electron chi connectivity index (χ0n) is 13.3. The van der Waals surface area contributed by atoms with Crippen LogP contribution in [0, 0.1) is 5.92 Å². The first kappa shape index (κ1) is 15.1. The van der Waals surface area contributed by atoms with Gasteiger partial charge in [-0.1, -0.05) is 31.2 Å². The number of para-hydroxylation sites is 1. The maximum Gasteiger partial charge on any atom is 0.227 e. The molecular weight excluding hydrogens is 290 g/mol. The van der Waals surface area contributed by atoms with Crippen molar-refractivity contribution in [3.8, 4) is 0 Å². The molecule has 0 spiro atoms. The molecular formula is C17H19N5O. The van der Waals surface area contributed by atoms with Gasteiger partial charge in [0.15, 0.2) is 0 Å². The fourth-order valence-electron chi connectivity index (χ4n) is 2.58. The lowest BCUT2D eigenvalue weighted by Crippen LogP contribution is -2.33. The van der Waals surface area contributed by atoms with Crippen LogP contribution >= 0.6 is 0 Å². The highest BCUT2D eigenvalue weighted by Gasteiger charge is 2.18. The molecule has 0 aliphatic rings. The molecule has 0 N–H and O–H groups in total. The number of carbonyl (C=O) groups excluding carboxylic acids is 1. The van der Waals surface area contributed by atoms with Crippen molar-refractivity contribution in [3.05, 3.63) is 54.7 Å². The van der Waals surface area contributed by atoms with Crippen LogP contribution in [-0.4, -0.2) is 37.6 Å². The minimum atomic E-state index is -0.165. The van der Waals surface area contributed by atoms with Crippen molar-refractivity contribution in [3.63, 3.8) is 0 Å². The summed E-state index contributed by atoms with van der Waals surface area (Å²) in [5.41, 5.74) is 1.83. The number of nitrogens with zero attached hydrogens (tertiary/aromatic N) is 5. The Bertz CT molecular complexity index is 800. The summed E-state index contributed by atoms with van der Waals surface area (Å²) in [6.07, 6.45) is 3.09. The summed E-state index contributed by atoms with van der Waals surface area (Å²) in [6.45, 7) is 2.91. The number of hydrogen-bond donors (Lipinski definition) is 0. The van der Waals surface area contributed by atoms with Gasteiger partial charge in [0.2, 0.25) is 5.91 Å². The van der Waals surface area contributed by atoms with Gasteiger partial charge in [-0.3, -0.25) is 14.5 Å². The van der Waals surface area contributed by atoms with Crippen molar-refractivity contribution in [2.45, 2.75) is 20.0 Å². The van der Waals surface area contributed by atoms with Gasteiger partial charge in [-0.05, 0) is 12.1 Å². The number of amides is 1. The molecule has 0 saturated carbocycles. The van der Waals surface area contributed by atoms with Gasteiger partial charge in [0.1, 0.15) is 12.7 Å². The first-order valence-corrected chi connectivity index (χ1v) is 7.55. The van der Waals surface area contributed by atoms with Crippen LogP contribution in [0.25, 0.3) is 10.9 Å². The number of aromatic nitrogens is 4. The van der Waals surface area contributed by atoms with E-state index in [0.29, 0.717) is 13.1 Å². The molecule has 0 saturated heterocycles. The summed E-state index contributed by atoms with van der Waals surface area (Å²) < 4.78 is 1.67. The quantitative estimate of drug-likeness (QED) is 0.724. The third-order valence-corrected chi connectivity index (χ3v) is 3.78. The maximum absolute atomic E-state index is 12.5. The van der Waals surface area contributed by atoms with Crippen LogP contribution in [0.3, 0.4) is 0 Å². The Morgan fingerprint density at radius 1 is 1.26 bits per heavy atom. The van der Waals surface area contributed by atoms with Crippen LogP contribution in [-0.2, 0) is 17.9 Å². The average molecular weight is 309 g/mol. The minimum Gasteiger partial charge on any atom is -0.340 e. The number of carbonyl (C=O) groups is 1. The Balaban J connectivity index is 1.66. The summed E-state index contributed by atoms with van der Waals surface area (Å²) >= 11 is 0. The molecule has 0 unspecified atom stereocenters. The van der Waals surface area contributed by atoms with Crippen molar-refractivity contribution in [1.29, 1.82) is 0 Å². The first-order valence-electron chi connectivity index (χ1n) is 7.55. The van der Waals surface area contributed by atoms with E-state index < -0.39 is 0 Å². The molecule has 0 aliphatic carbocycles. The topological polar surface area (TPSA) is 63.9 Å². The fraction of sp³-hybridized carbons (Fsp3) is 0.294. The lowest BCUT2D eigenvalue weighted by Gasteiger charge is -2.21. The molecule has 0 aliphatic heterocycles. The van der Waals surface area contributed by atoms with E-state index in [-0.39, 0.29) is 11.8 Å². The van der Waals surface area contributed by atoms with Crippen LogP contribution < -0.4 is 0 Å². The molecule has 2 heterocycles. The molecule has 3 aromatic rings. The molecule has 0 radical (unpaired) electrons. The second kappa shape index (κ2) is 6.56. The number of benzene rings is 1. The van der Waals surface area contributed by atoms with Gasteiger partial charge in [-0.15, -0.1) is 0 Å². The summed E-state index contributed by atoms with van der Waals surface area (Å²) in [5, 5.41) is 5.14. The third-order valence-electron chi connectivity index (χ3n) is 3.78. The smallest absolute Gasteiger partial charge is 0.227 e. The Kier molecular flexibility index (Phi) is 4.32. The highest BCUT2D eigenvalue weighted by molar-refractivity contribution is 5.79. The number of rotatable bonds is 5. The second-order valence-electron chi connectivity index (χ2n) is 5.71. The zero-order chi connectivity index (χ0) is 16.2. The molecule has 23 heavy (non-hydrogen) atoms. The standard InChI is InChI=1S/C17H19N5O/c1-13(9-22-12-18-11-19-22)17(23)21(2)10-15-8-7-14-5-3-4-6-16(14)20-15/h3-8,11-13H,9-10H2,1-2H3/t13-/m0/s1. The Morgan fingerprint density at radius 2 is 2.09 bits per heavy atom. The molecule has 1 aromatic carbocycles. The Morgan fingerprint density at radius 3 is 2.87 bits per heavy atom. The molecule has 6 nitrogen and oxygen atoms in total. The van der Waals surface area contributed by atoms with Crippen molar-refractivity contribution in [2.24, 2.45) is 5.92 Å². The molecule has 0 bridgehead atoms. The largest absolute Gasteiger partial charge is 0.340 e. The molecule has 6 heteroatoms. The van der Waals surface area contributed by atoms with Crippen LogP contribution in [0.5, 0.6) is 0 Å². The number of fused-ring (bicyclic) bond motifs is 1. The van der Waals surface area contributed by atoms with E-state index in [1.807, 2.05) is 43.3 Å². The van der Waals surface area contributed by atoms with Gasteiger partial charge in [0.25, 0.3) is 0 Å². The van der Waals surface area contributed by atoms with Crippen molar-refractivity contribution in [2.75, 3.05) is 7.05 Å². The van der Waals surface area contributed by atoms with Gasteiger partial charge in [0.05, 0.1) is 30.2 Å². The number of hydrogen-bond acceptors (Lipinski definition) is 4. The SMILES string of the molecule is C[C@@H](Cn1cncn1)C(=O)N(C)Cc1ccc2ccccc2n1. The molecule has 2 aromatic heterocycles. The molecule has 118 valence electrons. The van der Waals surface area contributed by atoms with E-state index in [9.17, 15) is 4.79 Å². The third kappa shape index (κ3) is 3.53. The number of pyridine rings is 1. The highest BCUT2D eigenvalue weighted by Crippen LogP contribution is 2.13. The van der Waals surface area contributed by atoms with Crippen LogP contribution in [0.1, 0.15) is 12.6 Å². The summed E-state index contributed by atoms with van der Waals surface area (Å²) in [6, 6.07) is 12.0. The van der Waals surface area contributed by atoms with E-state index in [2.05, 4.69) is 15.1 Å². The molecule has 1 atom stereocenters.